The van der Waals surface area contributed by atoms with Crippen molar-refractivity contribution in [3.8, 4) is 0 Å². The Hall–Kier alpha value is -4.28. The van der Waals surface area contributed by atoms with E-state index in [9.17, 15) is 43.2 Å². The minimum atomic E-state index is -4.99. The van der Waals surface area contributed by atoms with E-state index < -0.39 is 97.5 Å². The van der Waals surface area contributed by atoms with Gasteiger partial charge in [-0.2, -0.15) is 0 Å². The van der Waals surface area contributed by atoms with Crippen LogP contribution in [0.25, 0.3) is 0 Å². The average molecular weight is 1450 g/mol. The number of allylic oxidation sites excluding steroid dienone is 18. The molecule has 0 aromatic heterocycles. The van der Waals surface area contributed by atoms with Crippen molar-refractivity contribution in [2.75, 3.05) is 39.6 Å². The molecule has 0 fully saturated rings. The zero-order valence-corrected chi connectivity index (χ0v) is 64.6. The van der Waals surface area contributed by atoms with Crippen LogP contribution in [0.1, 0.15) is 323 Å². The molecular weight excluding hydrogens is 1310 g/mol. The molecule has 100 heavy (non-hydrogen) atoms. The summed E-state index contributed by atoms with van der Waals surface area (Å²) < 4.78 is 68.5. The minimum absolute atomic E-state index is 0.0649. The molecule has 0 bridgehead atoms. The van der Waals surface area contributed by atoms with E-state index in [4.69, 9.17) is 37.0 Å². The maximum Gasteiger partial charge on any atom is 0.472 e. The molecule has 3 N–H and O–H groups in total. The molecule has 0 aromatic carbocycles. The van der Waals surface area contributed by atoms with Crippen molar-refractivity contribution in [3.63, 3.8) is 0 Å². The molecule has 5 unspecified atom stereocenters. The highest BCUT2D eigenvalue weighted by Gasteiger charge is 2.30. The summed E-state index contributed by atoms with van der Waals surface area (Å²) in [6.45, 7) is 4.57. The quantitative estimate of drug-likeness (QED) is 0.0169. The Morgan fingerprint density at radius 3 is 0.840 bits per heavy atom. The summed E-state index contributed by atoms with van der Waals surface area (Å²) >= 11 is 0. The van der Waals surface area contributed by atoms with Crippen molar-refractivity contribution in [1.82, 2.24) is 0 Å². The summed E-state index contributed by atoms with van der Waals surface area (Å²) in [5, 5.41) is 10.6. The summed E-state index contributed by atoms with van der Waals surface area (Å²) in [7, 11) is -9.97. The largest absolute Gasteiger partial charge is 0.472 e. The van der Waals surface area contributed by atoms with Gasteiger partial charge in [0.05, 0.1) is 26.4 Å². The topological polar surface area (TPSA) is 237 Å². The lowest BCUT2D eigenvalue weighted by atomic mass is 10.0. The van der Waals surface area contributed by atoms with Crippen LogP contribution in [0.3, 0.4) is 0 Å². The van der Waals surface area contributed by atoms with Crippen LogP contribution in [0.15, 0.2) is 109 Å². The van der Waals surface area contributed by atoms with Crippen molar-refractivity contribution in [1.29, 1.82) is 0 Å². The zero-order valence-electron chi connectivity index (χ0n) is 62.8. The molecule has 0 spiro atoms. The van der Waals surface area contributed by atoms with Gasteiger partial charge in [-0.1, -0.05) is 278 Å². The summed E-state index contributed by atoms with van der Waals surface area (Å²) in [5.41, 5.74) is 0. The van der Waals surface area contributed by atoms with Gasteiger partial charge in [0, 0.05) is 25.7 Å². The second kappa shape index (κ2) is 73.0. The van der Waals surface area contributed by atoms with Crippen LogP contribution in [0, 0.1) is 0 Å². The molecule has 0 aliphatic rings. The third-order valence-corrected chi connectivity index (χ3v) is 18.1. The van der Waals surface area contributed by atoms with Crippen LogP contribution in [0.4, 0.5) is 0 Å². The first kappa shape index (κ1) is 95.7. The van der Waals surface area contributed by atoms with Gasteiger partial charge < -0.3 is 33.8 Å². The summed E-state index contributed by atoms with van der Waals surface area (Å²) in [6.07, 6.45) is 77.9. The van der Waals surface area contributed by atoms with Crippen molar-refractivity contribution < 1.29 is 80.2 Å². The third kappa shape index (κ3) is 72.1. The van der Waals surface area contributed by atoms with E-state index in [1.165, 1.54) is 83.5 Å². The number of hydrogen-bond donors (Lipinski definition) is 3. The molecule has 0 saturated heterocycles. The predicted molar refractivity (Wildman–Crippen MR) is 408 cm³/mol. The lowest BCUT2D eigenvalue weighted by Crippen LogP contribution is -2.30. The summed E-state index contributed by atoms with van der Waals surface area (Å²) in [6, 6.07) is 0. The fourth-order valence-corrected chi connectivity index (χ4v) is 11.9. The van der Waals surface area contributed by atoms with Crippen molar-refractivity contribution in [2.45, 2.75) is 341 Å². The van der Waals surface area contributed by atoms with E-state index in [1.54, 1.807) is 0 Å². The molecular formula is C81H140O17P2. The van der Waals surface area contributed by atoms with E-state index in [-0.39, 0.29) is 25.7 Å². The number of rotatable bonds is 73. The van der Waals surface area contributed by atoms with Crippen LogP contribution in [0.5, 0.6) is 0 Å². The standard InChI is InChI=1S/C81H140O17P2/c1-5-9-13-17-21-25-29-33-37-41-45-49-53-57-61-65-78(83)91-71-76(97-80(85)67-63-59-55-51-47-43-39-35-31-27-23-19-15-11-7-3)73-95-99(87,88)93-69-75(82)70-94-100(89,90)96-74-77(98-81(86)68-64-60-56-52-48-44-40-36-32-28-24-20-16-12-8-4)72-92-79(84)66-62-58-54-50-46-42-38-34-30-26-22-18-14-10-6-2/h9,11,13,15,21-23,25-27,33-35,37-39,45,49,75-77,82H,5-8,10,12,14,16-20,24,28-32,36,40-44,46-48,50-74H2,1-4H3,(H,87,88)(H,89,90)/b13-9-,15-11-,25-21-,26-22-,27-23-,37-33-,38-34-,39-35-,49-45-. The van der Waals surface area contributed by atoms with Crippen LogP contribution in [0.2, 0.25) is 0 Å². The number of phosphoric ester groups is 2. The lowest BCUT2D eigenvalue weighted by molar-refractivity contribution is -0.161. The highest BCUT2D eigenvalue weighted by molar-refractivity contribution is 7.47. The van der Waals surface area contributed by atoms with Gasteiger partial charge in [0.25, 0.3) is 0 Å². The Morgan fingerprint density at radius 1 is 0.290 bits per heavy atom. The fourth-order valence-electron chi connectivity index (χ4n) is 10.3. The molecule has 0 rings (SSSR count). The number of ether oxygens (including phenoxy) is 4. The minimum Gasteiger partial charge on any atom is -0.462 e. The Kier molecular flexibility index (Phi) is 69.9. The number of esters is 4. The maximum absolute atomic E-state index is 13.1. The Labute approximate surface area is 607 Å². The van der Waals surface area contributed by atoms with E-state index in [0.717, 1.165) is 161 Å². The second-order valence-electron chi connectivity index (χ2n) is 25.9. The second-order valence-corrected chi connectivity index (χ2v) is 28.8. The summed E-state index contributed by atoms with van der Waals surface area (Å²) in [5.74, 6) is -2.24. The molecule has 0 aromatic rings. The monoisotopic (exact) mass is 1450 g/mol. The summed E-state index contributed by atoms with van der Waals surface area (Å²) in [4.78, 5) is 72.9. The Balaban J connectivity index is 5.40. The van der Waals surface area contributed by atoms with Gasteiger partial charge in [0.15, 0.2) is 12.2 Å². The lowest BCUT2D eigenvalue weighted by Gasteiger charge is -2.21. The first-order valence-electron chi connectivity index (χ1n) is 39.1. The highest BCUT2D eigenvalue weighted by Crippen LogP contribution is 2.45. The van der Waals surface area contributed by atoms with Crippen LogP contribution in [-0.4, -0.2) is 96.7 Å². The van der Waals surface area contributed by atoms with Gasteiger partial charge in [-0.05, 0) is 128 Å². The number of carbonyl (C=O) groups excluding carboxylic acids is 4. The predicted octanol–water partition coefficient (Wildman–Crippen LogP) is 22.6. The molecule has 0 heterocycles. The van der Waals surface area contributed by atoms with Crippen molar-refractivity contribution in [3.05, 3.63) is 109 Å². The smallest absolute Gasteiger partial charge is 0.462 e. The number of hydrogen-bond acceptors (Lipinski definition) is 15. The number of aliphatic hydroxyl groups excluding tert-OH is 1. The maximum atomic E-state index is 13.1. The van der Waals surface area contributed by atoms with E-state index in [0.29, 0.717) is 25.7 Å². The van der Waals surface area contributed by atoms with Gasteiger partial charge in [-0.25, -0.2) is 9.13 Å². The molecule has 576 valence electrons. The first-order valence-corrected chi connectivity index (χ1v) is 42.1. The average Bonchev–Trinajstić information content (AvgIpc) is 1.01. The SMILES string of the molecule is CC/C=C\C/C=C\C/C=C\C/C=C\CCCCC(=O)OCC(COP(=O)(O)OCC(O)COP(=O)(O)OCC(COC(=O)CCCCCCC/C=C\C/C=C\CCCCC)OC(=O)CCCCCCCCCCCCCCCCC)OC(=O)CCCCCCC/C=C\C/C=C\C/C=C\CC. The fraction of sp³-hybridized carbons (Fsp3) is 0.728. The molecule has 0 saturated carbocycles. The Morgan fingerprint density at radius 2 is 0.520 bits per heavy atom. The number of phosphoric acid groups is 2. The molecule has 0 amide bonds. The molecule has 0 aliphatic heterocycles. The number of carbonyl (C=O) groups is 4. The van der Waals surface area contributed by atoms with E-state index in [2.05, 4.69) is 137 Å². The van der Waals surface area contributed by atoms with Crippen LogP contribution in [-0.2, 0) is 65.4 Å². The molecule has 0 radical (unpaired) electrons. The van der Waals surface area contributed by atoms with Gasteiger partial charge in [0.2, 0.25) is 0 Å². The van der Waals surface area contributed by atoms with Crippen molar-refractivity contribution in [2.24, 2.45) is 0 Å². The van der Waals surface area contributed by atoms with Gasteiger partial charge >= 0.3 is 39.5 Å². The van der Waals surface area contributed by atoms with Gasteiger partial charge in [-0.3, -0.25) is 37.3 Å². The molecule has 19 heteroatoms. The zero-order chi connectivity index (χ0) is 73.2. The number of aliphatic hydroxyl groups is 1. The first-order chi connectivity index (χ1) is 48.7. The van der Waals surface area contributed by atoms with Gasteiger partial charge in [-0.15, -0.1) is 0 Å². The molecule has 17 nitrogen and oxygen atoms in total. The normalized spacial score (nSPS) is 14.5. The van der Waals surface area contributed by atoms with Crippen LogP contribution < -0.4 is 0 Å². The molecule has 5 atom stereocenters. The number of unbranched alkanes of at least 4 members (excludes halogenated alkanes) is 29. The van der Waals surface area contributed by atoms with Crippen LogP contribution >= 0.6 is 15.6 Å². The Bertz CT molecular complexity index is 2320. The van der Waals surface area contributed by atoms with E-state index in [1.807, 2.05) is 0 Å². The highest BCUT2D eigenvalue weighted by atomic mass is 31.2. The molecule has 0 aliphatic carbocycles. The third-order valence-electron chi connectivity index (χ3n) is 16.2. The van der Waals surface area contributed by atoms with E-state index >= 15 is 0 Å². The van der Waals surface area contributed by atoms with Crippen molar-refractivity contribution >= 4 is 39.5 Å². The van der Waals surface area contributed by atoms with Gasteiger partial charge in [0.1, 0.15) is 19.3 Å².